The highest BCUT2D eigenvalue weighted by Crippen LogP contribution is 2.12. The number of ether oxygens (including phenoxy) is 1. The quantitative estimate of drug-likeness (QED) is 0.394. The van der Waals surface area contributed by atoms with Crippen LogP contribution >= 0.6 is 23.2 Å². The molecular formula is C13H15Cl2N3O2. The van der Waals surface area contributed by atoms with E-state index in [2.05, 4.69) is 27.1 Å². The van der Waals surface area contributed by atoms with E-state index in [1.54, 1.807) is 20.8 Å². The molecule has 0 saturated carbocycles. The van der Waals surface area contributed by atoms with Crippen molar-refractivity contribution in [1.29, 1.82) is 0 Å². The van der Waals surface area contributed by atoms with Crippen LogP contribution in [0.2, 0.25) is 10.4 Å². The fourth-order valence-corrected chi connectivity index (χ4v) is 1.48. The predicted octanol–water partition coefficient (Wildman–Crippen LogP) is 3.05. The molecule has 1 aromatic rings. The zero-order chi connectivity index (χ0) is 15.2. The first-order valence-corrected chi connectivity index (χ1v) is 6.67. The van der Waals surface area contributed by atoms with E-state index in [0.717, 1.165) is 0 Å². The molecule has 0 radical (unpaired) electrons. The SMILES string of the molecule is CC(C)(C)OC(=O)NCCC#Cc1cnc(Cl)nc1Cl. The van der Waals surface area contributed by atoms with Gasteiger partial charge in [-0.1, -0.05) is 23.4 Å². The molecule has 0 aliphatic carbocycles. The molecule has 1 rings (SSSR count). The van der Waals surface area contributed by atoms with Gasteiger partial charge in [-0.05, 0) is 32.4 Å². The summed E-state index contributed by atoms with van der Waals surface area (Å²) < 4.78 is 5.08. The second-order valence-electron chi connectivity index (χ2n) is 4.82. The second-order valence-corrected chi connectivity index (χ2v) is 5.52. The van der Waals surface area contributed by atoms with Crippen molar-refractivity contribution in [2.45, 2.75) is 32.8 Å². The van der Waals surface area contributed by atoms with Gasteiger partial charge in [-0.2, -0.15) is 0 Å². The summed E-state index contributed by atoms with van der Waals surface area (Å²) in [5, 5.41) is 2.88. The van der Waals surface area contributed by atoms with Crippen molar-refractivity contribution >= 4 is 29.3 Å². The summed E-state index contributed by atoms with van der Waals surface area (Å²) in [7, 11) is 0. The largest absolute Gasteiger partial charge is 0.444 e. The number of hydrogen-bond acceptors (Lipinski definition) is 4. The van der Waals surface area contributed by atoms with Gasteiger partial charge in [0.25, 0.3) is 0 Å². The molecule has 7 heteroatoms. The fraction of sp³-hybridized carbons (Fsp3) is 0.462. The van der Waals surface area contributed by atoms with Crippen LogP contribution < -0.4 is 5.32 Å². The Morgan fingerprint density at radius 2 is 2.15 bits per heavy atom. The van der Waals surface area contributed by atoms with Crippen molar-refractivity contribution in [3.8, 4) is 11.8 Å². The maximum absolute atomic E-state index is 11.3. The summed E-state index contributed by atoms with van der Waals surface area (Å²) in [6.45, 7) is 5.78. The Morgan fingerprint density at radius 3 is 2.75 bits per heavy atom. The van der Waals surface area contributed by atoms with E-state index < -0.39 is 11.7 Å². The normalized spacial score (nSPS) is 10.4. The zero-order valence-corrected chi connectivity index (χ0v) is 13.0. The molecule has 108 valence electrons. The average Bonchev–Trinajstić information content (AvgIpc) is 2.28. The summed E-state index contributed by atoms with van der Waals surface area (Å²) in [4.78, 5) is 18.9. The van der Waals surface area contributed by atoms with Crippen molar-refractivity contribution in [2.75, 3.05) is 6.54 Å². The number of aromatic nitrogens is 2. The smallest absolute Gasteiger partial charge is 0.407 e. The van der Waals surface area contributed by atoms with E-state index in [-0.39, 0.29) is 10.4 Å². The molecule has 1 aromatic heterocycles. The van der Waals surface area contributed by atoms with Crippen molar-refractivity contribution in [2.24, 2.45) is 0 Å². The van der Waals surface area contributed by atoms with Crippen molar-refractivity contribution in [1.82, 2.24) is 15.3 Å². The van der Waals surface area contributed by atoms with Gasteiger partial charge in [0.05, 0.1) is 5.56 Å². The highest BCUT2D eigenvalue weighted by molar-refractivity contribution is 6.32. The molecule has 0 bridgehead atoms. The molecule has 0 aliphatic rings. The highest BCUT2D eigenvalue weighted by Gasteiger charge is 2.15. The van der Waals surface area contributed by atoms with Crippen LogP contribution in [0.1, 0.15) is 32.8 Å². The molecule has 0 saturated heterocycles. The van der Waals surface area contributed by atoms with Gasteiger partial charge in [-0.25, -0.2) is 14.8 Å². The molecule has 0 spiro atoms. The van der Waals surface area contributed by atoms with Crippen LogP contribution in [0.5, 0.6) is 0 Å². The van der Waals surface area contributed by atoms with Crippen LogP contribution in [-0.4, -0.2) is 28.2 Å². The number of alkyl carbamates (subject to hydrolysis) is 1. The lowest BCUT2D eigenvalue weighted by molar-refractivity contribution is 0.0529. The molecule has 0 unspecified atom stereocenters. The third-order valence-electron chi connectivity index (χ3n) is 1.85. The molecule has 1 N–H and O–H groups in total. The van der Waals surface area contributed by atoms with E-state index in [9.17, 15) is 4.79 Å². The van der Waals surface area contributed by atoms with Crippen LogP contribution in [0.15, 0.2) is 6.20 Å². The minimum atomic E-state index is -0.510. The third kappa shape index (κ3) is 6.60. The molecule has 1 heterocycles. The number of nitrogens with zero attached hydrogens (tertiary/aromatic N) is 2. The summed E-state index contributed by atoms with van der Waals surface area (Å²) in [5.41, 5.74) is -0.0162. The predicted molar refractivity (Wildman–Crippen MR) is 77.8 cm³/mol. The molecule has 0 aliphatic heterocycles. The van der Waals surface area contributed by atoms with Crippen LogP contribution in [0.3, 0.4) is 0 Å². The second kappa shape index (κ2) is 7.32. The number of rotatable bonds is 2. The van der Waals surface area contributed by atoms with Crippen molar-refractivity contribution < 1.29 is 9.53 Å². The topological polar surface area (TPSA) is 64.1 Å². The Morgan fingerprint density at radius 1 is 1.45 bits per heavy atom. The molecule has 0 aromatic carbocycles. The monoisotopic (exact) mass is 315 g/mol. The molecule has 20 heavy (non-hydrogen) atoms. The summed E-state index contributed by atoms with van der Waals surface area (Å²) in [6, 6.07) is 0. The zero-order valence-electron chi connectivity index (χ0n) is 11.5. The molecule has 5 nitrogen and oxygen atoms in total. The van der Waals surface area contributed by atoms with Crippen LogP contribution in [0.4, 0.5) is 4.79 Å². The summed E-state index contributed by atoms with van der Waals surface area (Å²) in [6.07, 6.45) is 1.44. The minimum absolute atomic E-state index is 0.0761. The molecule has 1 amide bonds. The van der Waals surface area contributed by atoms with Crippen LogP contribution in [0, 0.1) is 11.8 Å². The average molecular weight is 316 g/mol. The van der Waals surface area contributed by atoms with Gasteiger partial charge in [-0.15, -0.1) is 0 Å². The lowest BCUT2D eigenvalue weighted by atomic mass is 10.2. The van der Waals surface area contributed by atoms with Gasteiger partial charge < -0.3 is 10.1 Å². The van der Waals surface area contributed by atoms with Gasteiger partial charge in [0.1, 0.15) is 10.8 Å². The van der Waals surface area contributed by atoms with Crippen LogP contribution in [-0.2, 0) is 4.74 Å². The Hall–Kier alpha value is -1.51. The number of carbonyl (C=O) groups is 1. The molecule has 0 atom stereocenters. The van der Waals surface area contributed by atoms with E-state index in [0.29, 0.717) is 18.5 Å². The van der Waals surface area contributed by atoms with Crippen molar-refractivity contribution in [3.63, 3.8) is 0 Å². The van der Waals surface area contributed by atoms with Crippen LogP contribution in [0.25, 0.3) is 0 Å². The Labute approximate surface area is 128 Å². The number of nitrogens with one attached hydrogen (secondary N) is 1. The number of halogens is 2. The lowest BCUT2D eigenvalue weighted by Gasteiger charge is -2.19. The van der Waals surface area contributed by atoms with E-state index in [4.69, 9.17) is 27.9 Å². The summed E-state index contributed by atoms with van der Waals surface area (Å²) in [5.74, 6) is 5.66. The lowest BCUT2D eigenvalue weighted by Crippen LogP contribution is -2.32. The standard InChI is InChI=1S/C13H15Cl2N3O2/c1-13(2,3)20-12(19)16-7-5-4-6-9-8-17-11(15)18-10(9)14/h8H,5,7H2,1-3H3,(H,16,19). The van der Waals surface area contributed by atoms with Crippen molar-refractivity contribution in [3.05, 3.63) is 22.2 Å². The Bertz CT molecular complexity index is 545. The van der Waals surface area contributed by atoms with Gasteiger partial charge in [-0.3, -0.25) is 0 Å². The van der Waals surface area contributed by atoms with E-state index >= 15 is 0 Å². The van der Waals surface area contributed by atoms with Gasteiger partial charge in [0, 0.05) is 19.2 Å². The maximum Gasteiger partial charge on any atom is 0.407 e. The fourth-order valence-electron chi connectivity index (χ4n) is 1.12. The molecule has 0 fully saturated rings. The maximum atomic E-state index is 11.3. The Kier molecular flexibility index (Phi) is 6.05. The minimum Gasteiger partial charge on any atom is -0.444 e. The first-order chi connectivity index (χ1) is 9.28. The Balaban J connectivity index is 2.38. The van der Waals surface area contributed by atoms with E-state index in [1.807, 2.05) is 0 Å². The van der Waals surface area contributed by atoms with E-state index in [1.165, 1.54) is 6.20 Å². The first-order valence-electron chi connectivity index (χ1n) is 5.92. The third-order valence-corrected chi connectivity index (χ3v) is 2.32. The number of amides is 1. The molecular weight excluding hydrogens is 301 g/mol. The van der Waals surface area contributed by atoms with Gasteiger partial charge in [0.15, 0.2) is 0 Å². The number of carbonyl (C=O) groups excluding carboxylic acids is 1. The van der Waals surface area contributed by atoms with Gasteiger partial charge >= 0.3 is 6.09 Å². The van der Waals surface area contributed by atoms with Gasteiger partial charge in [0.2, 0.25) is 5.28 Å². The summed E-state index contributed by atoms with van der Waals surface area (Å²) >= 11 is 11.4. The number of hydrogen-bond donors (Lipinski definition) is 1. The highest BCUT2D eigenvalue weighted by atomic mass is 35.5. The first kappa shape index (κ1) is 16.5.